The topological polar surface area (TPSA) is 75.7 Å². The Morgan fingerprint density at radius 3 is 2.46 bits per heavy atom. The minimum atomic E-state index is -0.985. The molecule has 1 aliphatic rings. The lowest BCUT2D eigenvalue weighted by Gasteiger charge is -2.34. The summed E-state index contributed by atoms with van der Waals surface area (Å²) in [5.41, 5.74) is 1.11. The summed E-state index contributed by atoms with van der Waals surface area (Å²) in [5.74, 6) is -0.991. The van der Waals surface area contributed by atoms with Crippen LogP contribution in [0, 0.1) is 0 Å². The first-order chi connectivity index (χ1) is 11.6. The maximum Gasteiger partial charge on any atom is 0.335 e. The van der Waals surface area contributed by atoms with Gasteiger partial charge in [0.05, 0.1) is 12.1 Å². The zero-order valence-electron chi connectivity index (χ0n) is 13.1. The van der Waals surface area contributed by atoms with Crippen molar-refractivity contribution in [1.82, 2.24) is 0 Å². The predicted molar refractivity (Wildman–Crippen MR) is 88.7 cm³/mol. The molecule has 122 valence electrons. The Labute approximate surface area is 139 Å². The van der Waals surface area contributed by atoms with Gasteiger partial charge in [-0.1, -0.05) is 30.3 Å². The highest BCUT2D eigenvalue weighted by Crippen LogP contribution is 2.35. The number of carbonyl (C=O) groups excluding carboxylic acids is 3. The van der Waals surface area contributed by atoms with Crippen LogP contribution in [0.15, 0.2) is 54.6 Å². The molecule has 0 spiro atoms. The average molecular weight is 324 g/mol. The van der Waals surface area contributed by atoms with Crippen LogP contribution in [0.3, 0.4) is 0 Å². The molecule has 6 heteroatoms. The monoisotopic (exact) mass is 324 g/mol. The van der Waals surface area contributed by atoms with E-state index in [0.717, 1.165) is 0 Å². The highest BCUT2D eigenvalue weighted by molar-refractivity contribution is 6.05. The van der Waals surface area contributed by atoms with Crippen molar-refractivity contribution in [3.63, 3.8) is 0 Å². The van der Waals surface area contributed by atoms with E-state index in [4.69, 9.17) is 4.74 Å². The van der Waals surface area contributed by atoms with Gasteiger partial charge in [-0.05, 0) is 24.3 Å². The van der Waals surface area contributed by atoms with Crippen molar-refractivity contribution in [2.75, 3.05) is 10.2 Å². The van der Waals surface area contributed by atoms with Crippen molar-refractivity contribution >= 4 is 29.2 Å². The molecular weight excluding hydrogens is 308 g/mol. The summed E-state index contributed by atoms with van der Waals surface area (Å²) in [5, 5.41) is 2.71. The van der Waals surface area contributed by atoms with Crippen molar-refractivity contribution in [2.45, 2.75) is 19.4 Å². The van der Waals surface area contributed by atoms with Gasteiger partial charge in [-0.25, -0.2) is 4.79 Å². The number of ether oxygens (including phenoxy) is 1. The number of amides is 2. The maximum absolute atomic E-state index is 12.3. The number of nitrogens with zero attached hydrogens (tertiary/aromatic N) is 1. The minimum absolute atomic E-state index is 0.179. The molecule has 1 N–H and O–H groups in total. The lowest BCUT2D eigenvalue weighted by Crippen LogP contribution is -2.50. The van der Waals surface area contributed by atoms with Gasteiger partial charge < -0.3 is 10.1 Å². The molecule has 1 atom stereocenters. The highest BCUT2D eigenvalue weighted by atomic mass is 16.5. The molecule has 2 aromatic rings. The first-order valence-electron chi connectivity index (χ1n) is 7.51. The van der Waals surface area contributed by atoms with E-state index in [1.165, 1.54) is 11.8 Å². The first kappa shape index (κ1) is 15.7. The van der Waals surface area contributed by atoms with E-state index in [-0.39, 0.29) is 18.2 Å². The summed E-state index contributed by atoms with van der Waals surface area (Å²) in [6.45, 7) is 1.36. The van der Waals surface area contributed by atoms with Crippen LogP contribution in [0.4, 0.5) is 11.4 Å². The Balaban J connectivity index is 1.82. The van der Waals surface area contributed by atoms with Gasteiger partial charge in [-0.2, -0.15) is 0 Å². The van der Waals surface area contributed by atoms with Crippen LogP contribution in [0.2, 0.25) is 0 Å². The van der Waals surface area contributed by atoms with Gasteiger partial charge in [0.15, 0.2) is 5.75 Å². The number of rotatable bonds is 3. The van der Waals surface area contributed by atoms with Gasteiger partial charge >= 0.3 is 5.97 Å². The van der Waals surface area contributed by atoms with E-state index in [1.54, 1.807) is 48.5 Å². The molecule has 0 saturated heterocycles. The summed E-state index contributed by atoms with van der Waals surface area (Å²) >= 11 is 0. The molecule has 3 rings (SSSR count). The third-order valence-electron chi connectivity index (χ3n) is 3.69. The molecule has 0 bridgehead atoms. The van der Waals surface area contributed by atoms with E-state index in [1.807, 2.05) is 6.07 Å². The van der Waals surface area contributed by atoms with Crippen molar-refractivity contribution in [3.8, 4) is 5.75 Å². The molecule has 0 saturated carbocycles. The van der Waals surface area contributed by atoms with Crippen molar-refractivity contribution in [1.29, 1.82) is 0 Å². The van der Waals surface area contributed by atoms with E-state index in [9.17, 15) is 14.4 Å². The molecule has 24 heavy (non-hydrogen) atoms. The normalized spacial score (nSPS) is 16.1. The lowest BCUT2D eigenvalue weighted by atomic mass is 10.1. The number of fused-ring (bicyclic) bond motifs is 1. The molecule has 2 amide bonds. The van der Waals surface area contributed by atoms with Crippen molar-refractivity contribution in [2.24, 2.45) is 0 Å². The Morgan fingerprint density at radius 2 is 1.75 bits per heavy atom. The van der Waals surface area contributed by atoms with Crippen LogP contribution in [0.1, 0.15) is 13.3 Å². The molecule has 0 radical (unpaired) electrons. The fourth-order valence-electron chi connectivity index (χ4n) is 2.66. The first-order valence-corrected chi connectivity index (χ1v) is 7.51. The van der Waals surface area contributed by atoms with Gasteiger partial charge in [0.2, 0.25) is 11.8 Å². The van der Waals surface area contributed by atoms with Crippen LogP contribution in [-0.4, -0.2) is 23.8 Å². The third-order valence-corrected chi connectivity index (χ3v) is 3.69. The largest absolute Gasteiger partial charge is 0.423 e. The fourth-order valence-corrected chi connectivity index (χ4v) is 2.66. The summed E-state index contributed by atoms with van der Waals surface area (Å²) < 4.78 is 5.26. The summed E-state index contributed by atoms with van der Waals surface area (Å²) in [6, 6.07) is 14.7. The summed E-state index contributed by atoms with van der Waals surface area (Å²) in [6.07, 6.45) is -0.179. The quantitative estimate of drug-likeness (QED) is 0.694. The second-order valence-electron chi connectivity index (χ2n) is 5.41. The zero-order chi connectivity index (χ0) is 17.1. The van der Waals surface area contributed by atoms with Gasteiger partial charge in [0, 0.05) is 12.6 Å². The predicted octanol–water partition coefficient (Wildman–Crippen LogP) is 2.36. The minimum Gasteiger partial charge on any atom is -0.423 e. The molecule has 0 fully saturated rings. The smallest absolute Gasteiger partial charge is 0.335 e. The number of benzene rings is 2. The fraction of sp³-hybridized carbons (Fsp3) is 0.167. The molecule has 0 unspecified atom stereocenters. The summed E-state index contributed by atoms with van der Waals surface area (Å²) in [4.78, 5) is 37.9. The number of hydrogen-bond donors (Lipinski definition) is 1. The van der Waals surface area contributed by atoms with Crippen LogP contribution in [0.25, 0.3) is 0 Å². The Kier molecular flexibility index (Phi) is 4.29. The highest BCUT2D eigenvalue weighted by Gasteiger charge is 2.38. The number of nitrogens with one attached hydrogen (secondary N) is 1. The lowest BCUT2D eigenvalue weighted by molar-refractivity contribution is -0.140. The average Bonchev–Trinajstić information content (AvgIpc) is 2.56. The molecule has 0 aliphatic carbocycles. The van der Waals surface area contributed by atoms with Crippen molar-refractivity contribution in [3.05, 3.63) is 54.6 Å². The van der Waals surface area contributed by atoms with Gasteiger partial charge in [-0.3, -0.25) is 14.5 Å². The van der Waals surface area contributed by atoms with E-state index in [2.05, 4.69) is 5.32 Å². The summed E-state index contributed by atoms with van der Waals surface area (Å²) in [7, 11) is 0. The van der Waals surface area contributed by atoms with Crippen LogP contribution >= 0.6 is 0 Å². The molecule has 1 heterocycles. The number of para-hydroxylation sites is 3. The zero-order valence-corrected chi connectivity index (χ0v) is 13.1. The van der Waals surface area contributed by atoms with Gasteiger partial charge in [-0.15, -0.1) is 0 Å². The molecule has 2 aromatic carbocycles. The molecule has 1 aliphatic heterocycles. The standard InChI is InChI=1S/C18H16N2O4/c1-12(21)20-14-9-5-6-10-16(14)24-18(23)15(20)11-17(22)19-13-7-3-2-4-8-13/h2-10,15H,11H2,1H3,(H,19,22)/t15-/m0/s1. The SMILES string of the molecule is CC(=O)N1c2ccccc2OC(=O)[C@@H]1CC(=O)Nc1ccccc1. The van der Waals surface area contributed by atoms with Crippen molar-refractivity contribution < 1.29 is 19.1 Å². The molecular formula is C18H16N2O4. The number of carbonyl (C=O) groups is 3. The number of esters is 1. The van der Waals surface area contributed by atoms with Crippen LogP contribution in [0.5, 0.6) is 5.75 Å². The number of anilines is 2. The van der Waals surface area contributed by atoms with Crippen LogP contribution in [-0.2, 0) is 14.4 Å². The maximum atomic E-state index is 12.3. The Hall–Kier alpha value is -3.15. The Morgan fingerprint density at radius 1 is 1.08 bits per heavy atom. The number of hydrogen-bond acceptors (Lipinski definition) is 4. The molecule has 6 nitrogen and oxygen atoms in total. The second-order valence-corrected chi connectivity index (χ2v) is 5.41. The van der Waals surface area contributed by atoms with Gasteiger partial charge in [0.25, 0.3) is 0 Å². The molecule has 0 aromatic heterocycles. The van der Waals surface area contributed by atoms with Crippen LogP contribution < -0.4 is 15.0 Å². The third kappa shape index (κ3) is 3.12. The van der Waals surface area contributed by atoms with E-state index < -0.39 is 12.0 Å². The Bertz CT molecular complexity index is 789. The second kappa shape index (κ2) is 6.54. The van der Waals surface area contributed by atoms with Gasteiger partial charge in [0.1, 0.15) is 6.04 Å². The van der Waals surface area contributed by atoms with E-state index in [0.29, 0.717) is 17.1 Å². The van der Waals surface area contributed by atoms with E-state index >= 15 is 0 Å².